The molecule has 1 aromatic rings. The summed E-state index contributed by atoms with van der Waals surface area (Å²) in [6.45, 7) is 1.99. The van der Waals surface area contributed by atoms with E-state index in [1.807, 2.05) is 6.92 Å². The molecular formula is C7H13N4+. The quantitative estimate of drug-likeness (QED) is 0.373. The second-order valence-electron chi connectivity index (χ2n) is 2.40. The van der Waals surface area contributed by atoms with Gasteiger partial charge in [-0.05, 0) is 6.42 Å². The van der Waals surface area contributed by atoms with Gasteiger partial charge in [-0.2, -0.15) is 0 Å². The summed E-state index contributed by atoms with van der Waals surface area (Å²) in [6, 6.07) is 1.75. The van der Waals surface area contributed by atoms with Gasteiger partial charge in [-0.3, -0.25) is 11.6 Å². The molecule has 0 aromatic carbocycles. The zero-order chi connectivity index (χ0) is 8.43. The highest BCUT2D eigenvalue weighted by atomic mass is 15.3. The number of nitrogen functional groups attached to an aromatic ring is 3. The molecule has 0 unspecified atom stereocenters. The average Bonchev–Trinajstić information content (AvgIpc) is 1.99. The third-order valence-corrected chi connectivity index (χ3v) is 1.70. The molecule has 0 aliphatic heterocycles. The van der Waals surface area contributed by atoms with E-state index in [9.17, 15) is 0 Å². The second-order valence-corrected chi connectivity index (χ2v) is 2.40. The van der Waals surface area contributed by atoms with E-state index in [-0.39, 0.29) is 0 Å². The fourth-order valence-corrected chi connectivity index (χ4v) is 1.03. The van der Waals surface area contributed by atoms with E-state index >= 15 is 0 Å². The fourth-order valence-electron chi connectivity index (χ4n) is 1.03. The molecule has 0 amide bonds. The summed E-state index contributed by atoms with van der Waals surface area (Å²) in [5, 5.41) is 0. The van der Waals surface area contributed by atoms with Gasteiger partial charge in [0.05, 0.1) is 5.56 Å². The van der Waals surface area contributed by atoms with Crippen molar-refractivity contribution >= 4 is 11.5 Å². The van der Waals surface area contributed by atoms with Gasteiger partial charge in [-0.1, -0.05) is 6.92 Å². The Balaban J connectivity index is 3.29. The Kier molecular flexibility index (Phi) is 1.85. The smallest absolute Gasteiger partial charge is 0.300 e. The van der Waals surface area contributed by atoms with Crippen LogP contribution in [-0.4, -0.2) is 0 Å². The minimum absolute atomic E-state index is 0.535. The van der Waals surface area contributed by atoms with E-state index in [1.165, 1.54) is 4.68 Å². The molecule has 0 aliphatic rings. The van der Waals surface area contributed by atoms with E-state index in [2.05, 4.69) is 0 Å². The Morgan fingerprint density at radius 3 is 2.55 bits per heavy atom. The average molecular weight is 153 g/mol. The summed E-state index contributed by atoms with van der Waals surface area (Å²) in [5.41, 5.74) is 12.9. The van der Waals surface area contributed by atoms with Crippen LogP contribution in [0.3, 0.4) is 0 Å². The van der Waals surface area contributed by atoms with E-state index in [0.717, 1.165) is 12.0 Å². The van der Waals surface area contributed by atoms with Crippen LogP contribution >= 0.6 is 0 Å². The molecular weight excluding hydrogens is 140 g/mol. The summed E-state index contributed by atoms with van der Waals surface area (Å²) >= 11 is 0. The van der Waals surface area contributed by atoms with Crippen molar-refractivity contribution in [1.29, 1.82) is 0 Å². The molecule has 0 aliphatic carbocycles. The maximum Gasteiger partial charge on any atom is 0.300 e. The number of hydrogen-bond acceptors (Lipinski definition) is 3. The first-order valence-electron chi connectivity index (χ1n) is 3.50. The van der Waals surface area contributed by atoms with E-state index in [0.29, 0.717) is 11.5 Å². The van der Waals surface area contributed by atoms with Crippen molar-refractivity contribution in [3.63, 3.8) is 0 Å². The van der Waals surface area contributed by atoms with Crippen LogP contribution in [0.4, 0.5) is 11.5 Å². The van der Waals surface area contributed by atoms with Gasteiger partial charge in [0.25, 0.3) is 0 Å². The fraction of sp³-hybridized carbons (Fsp3) is 0.286. The van der Waals surface area contributed by atoms with Crippen LogP contribution in [0.1, 0.15) is 12.5 Å². The first kappa shape index (κ1) is 7.65. The first-order chi connectivity index (χ1) is 5.16. The van der Waals surface area contributed by atoms with Crippen molar-refractivity contribution < 1.29 is 4.68 Å². The van der Waals surface area contributed by atoms with Crippen LogP contribution in [-0.2, 0) is 6.42 Å². The number of hydrogen-bond donors (Lipinski definition) is 3. The van der Waals surface area contributed by atoms with Gasteiger partial charge in [0, 0.05) is 11.8 Å². The Morgan fingerprint density at radius 2 is 2.09 bits per heavy atom. The molecule has 4 heteroatoms. The van der Waals surface area contributed by atoms with Crippen LogP contribution < -0.4 is 22.0 Å². The highest BCUT2D eigenvalue weighted by molar-refractivity contribution is 5.53. The van der Waals surface area contributed by atoms with Crippen molar-refractivity contribution in [3.05, 3.63) is 17.8 Å². The number of pyridine rings is 1. The molecule has 0 saturated carbocycles. The van der Waals surface area contributed by atoms with Gasteiger partial charge in [-0.25, -0.2) is 0 Å². The van der Waals surface area contributed by atoms with Gasteiger partial charge in [-0.15, -0.1) is 4.68 Å². The van der Waals surface area contributed by atoms with Gasteiger partial charge in [0.15, 0.2) is 0 Å². The van der Waals surface area contributed by atoms with Crippen LogP contribution in [0.2, 0.25) is 0 Å². The zero-order valence-corrected chi connectivity index (χ0v) is 6.54. The molecule has 60 valence electrons. The summed E-state index contributed by atoms with van der Waals surface area (Å²) in [4.78, 5) is 0. The van der Waals surface area contributed by atoms with Crippen molar-refractivity contribution in [2.45, 2.75) is 13.3 Å². The zero-order valence-electron chi connectivity index (χ0n) is 6.54. The third kappa shape index (κ3) is 1.19. The standard InChI is InChI=1S/C7H12N4/c1-2-5-6(8)3-4-11(10)7(5)9/h3-4H,2,10H2,1H3,(H3,8,9)/p+1. The van der Waals surface area contributed by atoms with E-state index in [4.69, 9.17) is 17.3 Å². The summed E-state index contributed by atoms with van der Waals surface area (Å²) < 4.78 is 1.37. The number of nitrogens with two attached hydrogens (primary N) is 3. The van der Waals surface area contributed by atoms with Crippen molar-refractivity contribution in [2.75, 3.05) is 17.3 Å². The van der Waals surface area contributed by atoms with Crippen molar-refractivity contribution in [3.8, 4) is 0 Å². The summed E-state index contributed by atoms with van der Waals surface area (Å²) in [6.07, 6.45) is 2.44. The molecule has 0 spiro atoms. The third-order valence-electron chi connectivity index (χ3n) is 1.70. The van der Waals surface area contributed by atoms with Crippen LogP contribution in [0.15, 0.2) is 12.3 Å². The largest absolute Gasteiger partial charge is 0.398 e. The highest BCUT2D eigenvalue weighted by Gasteiger charge is 2.09. The Morgan fingerprint density at radius 1 is 1.45 bits per heavy atom. The van der Waals surface area contributed by atoms with Gasteiger partial charge in [0.2, 0.25) is 0 Å². The maximum absolute atomic E-state index is 5.65. The molecule has 0 radical (unpaired) electrons. The maximum atomic E-state index is 5.65. The molecule has 1 heterocycles. The monoisotopic (exact) mass is 153 g/mol. The number of aromatic nitrogens is 1. The lowest BCUT2D eigenvalue weighted by Gasteiger charge is -2.03. The predicted octanol–water partition coefficient (Wildman–Crippen LogP) is -0.585. The van der Waals surface area contributed by atoms with Gasteiger partial charge >= 0.3 is 5.82 Å². The molecule has 1 aromatic heterocycles. The predicted molar refractivity (Wildman–Crippen MR) is 45.0 cm³/mol. The molecule has 0 saturated heterocycles. The van der Waals surface area contributed by atoms with Crippen LogP contribution in [0.25, 0.3) is 0 Å². The first-order valence-corrected chi connectivity index (χ1v) is 3.50. The minimum atomic E-state index is 0.535. The van der Waals surface area contributed by atoms with Gasteiger partial charge < -0.3 is 5.73 Å². The van der Waals surface area contributed by atoms with Crippen molar-refractivity contribution in [2.24, 2.45) is 0 Å². The molecule has 1 rings (SSSR count). The summed E-state index contributed by atoms with van der Waals surface area (Å²) in [5.74, 6) is 6.04. The molecule has 0 fully saturated rings. The molecule has 0 bridgehead atoms. The lowest BCUT2D eigenvalue weighted by Crippen LogP contribution is -2.47. The topological polar surface area (TPSA) is 81.9 Å². The minimum Gasteiger partial charge on any atom is -0.398 e. The van der Waals surface area contributed by atoms with Crippen LogP contribution in [0, 0.1) is 0 Å². The van der Waals surface area contributed by atoms with Crippen LogP contribution in [0.5, 0.6) is 0 Å². The second kappa shape index (κ2) is 2.65. The Labute approximate surface area is 65.6 Å². The number of nitrogens with zero attached hydrogens (tertiary/aromatic N) is 1. The normalized spacial score (nSPS) is 9.91. The Hall–Kier alpha value is -1.45. The number of rotatable bonds is 1. The molecule has 6 N–H and O–H groups in total. The SMILES string of the molecule is CCc1c(N)cc[n+](N)c1N. The molecule has 11 heavy (non-hydrogen) atoms. The number of anilines is 2. The highest BCUT2D eigenvalue weighted by Crippen LogP contribution is 2.14. The molecule has 4 nitrogen and oxygen atoms in total. The Bertz CT molecular complexity index is 269. The van der Waals surface area contributed by atoms with E-state index in [1.54, 1.807) is 12.3 Å². The van der Waals surface area contributed by atoms with Gasteiger partial charge in [0.1, 0.15) is 6.20 Å². The van der Waals surface area contributed by atoms with E-state index < -0.39 is 0 Å². The lowest BCUT2D eigenvalue weighted by molar-refractivity contribution is -0.624. The summed E-state index contributed by atoms with van der Waals surface area (Å²) in [7, 11) is 0. The lowest BCUT2D eigenvalue weighted by atomic mass is 10.2. The van der Waals surface area contributed by atoms with Crippen molar-refractivity contribution in [1.82, 2.24) is 0 Å². The molecule has 0 atom stereocenters.